The van der Waals surface area contributed by atoms with Crippen LogP contribution in [0.5, 0.6) is 0 Å². The van der Waals surface area contributed by atoms with Crippen LogP contribution < -0.4 is 5.73 Å². The summed E-state index contributed by atoms with van der Waals surface area (Å²) in [4.78, 5) is 25.1. The Kier molecular flexibility index (Phi) is 4.16. The fourth-order valence-electron chi connectivity index (χ4n) is 1.97. The number of nitrogens with zero attached hydrogens (tertiary/aromatic N) is 1. The van der Waals surface area contributed by atoms with Crippen molar-refractivity contribution >= 4 is 11.9 Å². The minimum absolute atomic E-state index is 0.0343. The van der Waals surface area contributed by atoms with Gasteiger partial charge in [0, 0.05) is 12.6 Å². The van der Waals surface area contributed by atoms with Crippen molar-refractivity contribution in [2.75, 3.05) is 13.7 Å². The third-order valence-electron chi connectivity index (χ3n) is 3.23. The van der Waals surface area contributed by atoms with Crippen LogP contribution in [0.3, 0.4) is 0 Å². The molecule has 5 nitrogen and oxygen atoms in total. The molecule has 0 aliphatic heterocycles. The van der Waals surface area contributed by atoms with Gasteiger partial charge in [-0.3, -0.25) is 9.59 Å². The number of rotatable bonds is 5. The first-order valence-electron chi connectivity index (χ1n) is 6.27. The Bertz CT molecular complexity index is 461. The van der Waals surface area contributed by atoms with E-state index in [0.717, 1.165) is 5.56 Å². The molecule has 2 N–H and O–H groups in total. The van der Waals surface area contributed by atoms with Gasteiger partial charge < -0.3 is 15.4 Å². The lowest BCUT2D eigenvalue weighted by molar-refractivity contribution is -0.147. The van der Waals surface area contributed by atoms with Gasteiger partial charge in [0.1, 0.15) is 6.54 Å². The van der Waals surface area contributed by atoms with Crippen molar-refractivity contribution in [2.45, 2.75) is 19.0 Å². The van der Waals surface area contributed by atoms with Gasteiger partial charge in [0.15, 0.2) is 0 Å². The van der Waals surface area contributed by atoms with Crippen molar-refractivity contribution in [3.63, 3.8) is 0 Å². The quantitative estimate of drug-likeness (QED) is 0.786. The summed E-state index contributed by atoms with van der Waals surface area (Å²) in [5, 5.41) is 0. The number of carbonyl (C=O) groups is 2. The van der Waals surface area contributed by atoms with E-state index in [0.29, 0.717) is 13.0 Å². The van der Waals surface area contributed by atoms with Crippen LogP contribution in [0.2, 0.25) is 0 Å². The molecule has 0 spiro atoms. The highest BCUT2D eigenvalue weighted by Crippen LogP contribution is 2.30. The van der Waals surface area contributed by atoms with Gasteiger partial charge in [0.25, 0.3) is 0 Å². The number of hydrogen-bond acceptors (Lipinski definition) is 4. The van der Waals surface area contributed by atoms with Crippen molar-refractivity contribution in [1.82, 2.24) is 4.90 Å². The van der Waals surface area contributed by atoms with Gasteiger partial charge in [-0.2, -0.15) is 0 Å². The molecule has 5 heteroatoms. The standard InChI is InChI=1S/C14H18N2O3/c1-19-13(17)9-16(14(18)11-7-12(11)15)8-10-5-3-2-4-6-10/h2-6,11-12H,7-9,15H2,1H3. The first-order valence-corrected chi connectivity index (χ1v) is 6.27. The maximum absolute atomic E-state index is 12.2. The number of benzene rings is 1. The fraction of sp³-hybridized carbons (Fsp3) is 0.429. The van der Waals surface area contributed by atoms with Gasteiger partial charge in [0.05, 0.1) is 13.0 Å². The second-order valence-electron chi connectivity index (χ2n) is 4.76. The van der Waals surface area contributed by atoms with Gasteiger partial charge in [-0.15, -0.1) is 0 Å². The molecule has 2 unspecified atom stereocenters. The van der Waals surface area contributed by atoms with Crippen molar-refractivity contribution in [2.24, 2.45) is 11.7 Å². The van der Waals surface area contributed by atoms with Gasteiger partial charge >= 0.3 is 5.97 Å². The first kappa shape index (κ1) is 13.5. The molecule has 1 amide bonds. The Morgan fingerprint density at radius 3 is 2.53 bits per heavy atom. The number of amides is 1. The van der Waals surface area contributed by atoms with Crippen LogP contribution in [-0.2, 0) is 20.9 Å². The SMILES string of the molecule is COC(=O)CN(Cc1ccccc1)C(=O)C1CC1N. The van der Waals surface area contributed by atoms with Crippen molar-refractivity contribution in [1.29, 1.82) is 0 Å². The normalized spacial score (nSPS) is 20.7. The molecule has 19 heavy (non-hydrogen) atoms. The van der Waals surface area contributed by atoms with Crippen LogP contribution in [0.1, 0.15) is 12.0 Å². The number of esters is 1. The molecule has 1 aliphatic rings. The third kappa shape index (κ3) is 3.54. The third-order valence-corrected chi connectivity index (χ3v) is 3.23. The lowest BCUT2D eigenvalue weighted by atomic mass is 10.2. The zero-order valence-corrected chi connectivity index (χ0v) is 10.9. The van der Waals surface area contributed by atoms with Crippen LogP contribution in [0, 0.1) is 5.92 Å². The van der Waals surface area contributed by atoms with Gasteiger partial charge in [-0.1, -0.05) is 30.3 Å². The van der Waals surface area contributed by atoms with E-state index < -0.39 is 5.97 Å². The Labute approximate surface area is 112 Å². The van der Waals surface area contributed by atoms with E-state index in [1.807, 2.05) is 30.3 Å². The molecule has 2 rings (SSSR count). The summed E-state index contributed by atoms with van der Waals surface area (Å²) in [7, 11) is 1.32. The number of carbonyl (C=O) groups excluding carboxylic acids is 2. The van der Waals surface area contributed by atoms with Crippen LogP contribution >= 0.6 is 0 Å². The molecule has 2 atom stereocenters. The van der Waals surface area contributed by atoms with Crippen LogP contribution in [0.15, 0.2) is 30.3 Å². The summed E-state index contributed by atoms with van der Waals surface area (Å²) < 4.78 is 4.63. The van der Waals surface area contributed by atoms with Crippen LogP contribution in [-0.4, -0.2) is 36.5 Å². The molecule has 1 aromatic rings. The van der Waals surface area contributed by atoms with E-state index >= 15 is 0 Å². The predicted molar refractivity (Wildman–Crippen MR) is 70.0 cm³/mol. The Hall–Kier alpha value is -1.88. The van der Waals surface area contributed by atoms with Gasteiger partial charge in [0.2, 0.25) is 5.91 Å². The molecule has 0 saturated heterocycles. The smallest absolute Gasteiger partial charge is 0.325 e. The summed E-state index contributed by atoms with van der Waals surface area (Å²) >= 11 is 0. The lowest BCUT2D eigenvalue weighted by Gasteiger charge is -2.21. The summed E-state index contributed by atoms with van der Waals surface area (Å²) in [5.74, 6) is -0.631. The largest absolute Gasteiger partial charge is 0.468 e. The van der Waals surface area contributed by atoms with E-state index in [4.69, 9.17) is 5.73 Å². The van der Waals surface area contributed by atoms with Crippen LogP contribution in [0.25, 0.3) is 0 Å². The van der Waals surface area contributed by atoms with Gasteiger partial charge in [-0.05, 0) is 12.0 Å². The van der Waals surface area contributed by atoms with Crippen molar-refractivity contribution in [3.05, 3.63) is 35.9 Å². The second-order valence-corrected chi connectivity index (χ2v) is 4.76. The van der Waals surface area contributed by atoms with Crippen molar-refractivity contribution in [3.8, 4) is 0 Å². The fourth-order valence-corrected chi connectivity index (χ4v) is 1.97. The summed E-state index contributed by atoms with van der Waals surface area (Å²) in [5.41, 5.74) is 6.68. The molecule has 1 aliphatic carbocycles. The lowest BCUT2D eigenvalue weighted by Crippen LogP contribution is -2.37. The highest BCUT2D eigenvalue weighted by atomic mass is 16.5. The maximum Gasteiger partial charge on any atom is 0.325 e. The number of methoxy groups -OCH3 is 1. The average Bonchev–Trinajstić information content (AvgIpc) is 3.15. The molecule has 102 valence electrons. The zero-order chi connectivity index (χ0) is 13.8. The van der Waals surface area contributed by atoms with E-state index in [2.05, 4.69) is 4.74 Å². The van der Waals surface area contributed by atoms with E-state index in [-0.39, 0.29) is 24.4 Å². The minimum atomic E-state index is -0.418. The molecular formula is C14H18N2O3. The van der Waals surface area contributed by atoms with Crippen molar-refractivity contribution < 1.29 is 14.3 Å². The molecule has 1 fully saturated rings. The molecule has 1 aromatic carbocycles. The topological polar surface area (TPSA) is 72.6 Å². The average molecular weight is 262 g/mol. The van der Waals surface area contributed by atoms with E-state index in [1.165, 1.54) is 12.0 Å². The number of hydrogen-bond donors (Lipinski definition) is 1. The first-order chi connectivity index (χ1) is 9.11. The highest BCUT2D eigenvalue weighted by molar-refractivity contribution is 5.86. The summed E-state index contributed by atoms with van der Waals surface area (Å²) in [6.45, 7) is 0.367. The molecule has 1 saturated carbocycles. The monoisotopic (exact) mass is 262 g/mol. The molecule has 0 heterocycles. The molecule has 0 aromatic heterocycles. The zero-order valence-electron chi connectivity index (χ0n) is 10.9. The van der Waals surface area contributed by atoms with E-state index in [1.54, 1.807) is 0 Å². The summed E-state index contributed by atoms with van der Waals surface area (Å²) in [6, 6.07) is 9.49. The number of ether oxygens (including phenoxy) is 1. The molecule has 0 radical (unpaired) electrons. The minimum Gasteiger partial charge on any atom is -0.468 e. The Morgan fingerprint density at radius 2 is 2.00 bits per heavy atom. The second kappa shape index (κ2) is 5.84. The van der Waals surface area contributed by atoms with E-state index in [9.17, 15) is 9.59 Å². The highest BCUT2D eigenvalue weighted by Gasteiger charge is 2.42. The van der Waals surface area contributed by atoms with Crippen LogP contribution in [0.4, 0.5) is 0 Å². The molecule has 0 bridgehead atoms. The van der Waals surface area contributed by atoms with Gasteiger partial charge in [-0.25, -0.2) is 0 Å². The Balaban J connectivity index is 2.05. The number of nitrogens with two attached hydrogens (primary N) is 1. The Morgan fingerprint density at radius 1 is 1.37 bits per heavy atom. The summed E-state index contributed by atoms with van der Waals surface area (Å²) in [6.07, 6.45) is 0.700. The molecular weight excluding hydrogens is 244 g/mol. The predicted octanol–water partition coefficient (Wildman–Crippen LogP) is 0.535. The maximum atomic E-state index is 12.2.